The quantitative estimate of drug-likeness (QED) is 0.662. The van der Waals surface area contributed by atoms with E-state index in [1.807, 2.05) is 6.92 Å². The molecule has 0 fully saturated rings. The fraction of sp³-hybridized carbons (Fsp3) is 0.235. The number of methoxy groups -OCH3 is 2. The van der Waals surface area contributed by atoms with E-state index < -0.39 is 22.5 Å². The minimum absolute atomic E-state index is 0.0585. The Hall–Kier alpha value is -2.06. The molecule has 2 aromatic carbocycles. The highest BCUT2D eigenvalue weighted by atomic mass is 79.9. The minimum Gasteiger partial charge on any atom is -0.495 e. The lowest BCUT2D eigenvalue weighted by atomic mass is 10.2. The molecule has 0 N–H and O–H groups in total. The van der Waals surface area contributed by atoms with E-state index in [-0.39, 0.29) is 10.6 Å². The van der Waals surface area contributed by atoms with Gasteiger partial charge in [-0.25, -0.2) is 8.42 Å². The largest absolute Gasteiger partial charge is 0.495 e. The van der Waals surface area contributed by atoms with Gasteiger partial charge in [0, 0.05) is 4.47 Å². The molecule has 6 nitrogen and oxygen atoms in total. The van der Waals surface area contributed by atoms with Gasteiger partial charge in [-0.2, -0.15) is 0 Å². The van der Waals surface area contributed by atoms with Gasteiger partial charge >= 0.3 is 5.97 Å². The van der Waals surface area contributed by atoms with E-state index in [0.717, 1.165) is 14.3 Å². The van der Waals surface area contributed by atoms with Crippen LogP contribution in [-0.4, -0.2) is 35.2 Å². The Morgan fingerprint density at radius 1 is 1.12 bits per heavy atom. The molecule has 0 amide bonds. The lowest BCUT2D eigenvalue weighted by molar-refractivity contribution is -0.138. The number of carbonyl (C=O) groups excluding carboxylic acids is 1. The van der Waals surface area contributed by atoms with Gasteiger partial charge in [-0.15, -0.1) is 0 Å². The van der Waals surface area contributed by atoms with E-state index in [2.05, 4.69) is 20.7 Å². The van der Waals surface area contributed by atoms with Gasteiger partial charge in [0.25, 0.3) is 10.0 Å². The number of sulfonamides is 1. The lowest BCUT2D eigenvalue weighted by Crippen LogP contribution is -2.36. The summed E-state index contributed by atoms with van der Waals surface area (Å²) in [5, 5.41) is 0. The van der Waals surface area contributed by atoms with Crippen LogP contribution in [0, 0.1) is 6.92 Å². The zero-order chi connectivity index (χ0) is 18.6. The fourth-order valence-corrected chi connectivity index (χ4v) is 3.89. The molecular formula is C17H18BrNO5S. The Balaban J connectivity index is 2.62. The van der Waals surface area contributed by atoms with Crippen LogP contribution in [0.3, 0.4) is 0 Å². The van der Waals surface area contributed by atoms with E-state index >= 15 is 0 Å². The maximum Gasteiger partial charge on any atom is 0.326 e. The number of carbonyl (C=O) groups is 1. The number of halogens is 1. The van der Waals surface area contributed by atoms with Crippen molar-refractivity contribution in [1.82, 2.24) is 0 Å². The summed E-state index contributed by atoms with van der Waals surface area (Å²) < 4.78 is 37.9. The smallest absolute Gasteiger partial charge is 0.326 e. The van der Waals surface area contributed by atoms with Gasteiger partial charge in [0.2, 0.25) is 0 Å². The predicted octanol–water partition coefficient (Wildman–Crippen LogP) is 3.13. The molecule has 0 aliphatic heterocycles. The van der Waals surface area contributed by atoms with E-state index in [1.54, 1.807) is 30.3 Å². The van der Waals surface area contributed by atoms with Crippen molar-refractivity contribution >= 4 is 37.6 Å². The third-order valence-corrected chi connectivity index (χ3v) is 5.81. The maximum atomic E-state index is 13.1. The molecule has 2 rings (SSSR count). The second kappa shape index (κ2) is 7.88. The molecule has 8 heteroatoms. The summed E-state index contributed by atoms with van der Waals surface area (Å²) in [7, 11) is -1.34. The first-order valence-corrected chi connectivity index (χ1v) is 9.52. The van der Waals surface area contributed by atoms with E-state index in [0.29, 0.717) is 5.75 Å². The highest BCUT2D eigenvalue weighted by molar-refractivity contribution is 9.10. The van der Waals surface area contributed by atoms with Crippen molar-refractivity contribution in [1.29, 1.82) is 0 Å². The molecule has 134 valence electrons. The van der Waals surface area contributed by atoms with Gasteiger partial charge in [0.05, 0.1) is 24.8 Å². The second-order valence-corrected chi connectivity index (χ2v) is 8.00. The monoisotopic (exact) mass is 427 g/mol. The van der Waals surface area contributed by atoms with Crippen LogP contribution < -0.4 is 9.04 Å². The summed E-state index contributed by atoms with van der Waals surface area (Å²) in [6, 6.07) is 11.3. The van der Waals surface area contributed by atoms with Crippen molar-refractivity contribution in [3.8, 4) is 5.75 Å². The normalized spacial score (nSPS) is 11.0. The molecule has 0 atom stereocenters. The standard InChI is InChI=1S/C17H18BrNO5S/c1-12-4-9-16(23-2)15(10-12)19(11-17(20)24-3)25(21,22)14-7-5-13(18)6-8-14/h4-10H,11H2,1-3H3. The number of nitrogens with zero attached hydrogens (tertiary/aromatic N) is 1. The first-order chi connectivity index (χ1) is 11.8. The topological polar surface area (TPSA) is 72.9 Å². The molecule has 0 aliphatic carbocycles. The molecule has 0 saturated carbocycles. The zero-order valence-electron chi connectivity index (χ0n) is 14.0. The van der Waals surface area contributed by atoms with Crippen LogP contribution in [0.15, 0.2) is 51.8 Å². The molecule has 0 radical (unpaired) electrons. The van der Waals surface area contributed by atoms with Crippen LogP contribution in [0.4, 0.5) is 5.69 Å². The number of hydrogen-bond acceptors (Lipinski definition) is 5. The molecule has 0 saturated heterocycles. The number of hydrogen-bond donors (Lipinski definition) is 0. The van der Waals surface area contributed by atoms with Crippen LogP contribution in [0.2, 0.25) is 0 Å². The van der Waals surface area contributed by atoms with Crippen LogP contribution in [0.5, 0.6) is 5.75 Å². The van der Waals surface area contributed by atoms with Crippen LogP contribution >= 0.6 is 15.9 Å². The summed E-state index contributed by atoms with van der Waals surface area (Å²) in [6.45, 7) is 1.36. The lowest BCUT2D eigenvalue weighted by Gasteiger charge is -2.25. The third-order valence-electron chi connectivity index (χ3n) is 3.51. The fourth-order valence-electron chi connectivity index (χ4n) is 2.21. The summed E-state index contributed by atoms with van der Waals surface area (Å²) in [5.74, 6) is -0.334. The van der Waals surface area contributed by atoms with E-state index in [9.17, 15) is 13.2 Å². The van der Waals surface area contributed by atoms with Crippen molar-refractivity contribution in [2.45, 2.75) is 11.8 Å². The molecule has 0 aromatic heterocycles. The van der Waals surface area contributed by atoms with Crippen molar-refractivity contribution < 1.29 is 22.7 Å². The first-order valence-electron chi connectivity index (χ1n) is 7.29. The first kappa shape index (κ1) is 19.3. The predicted molar refractivity (Wildman–Crippen MR) is 98.4 cm³/mol. The highest BCUT2D eigenvalue weighted by Crippen LogP contribution is 2.33. The van der Waals surface area contributed by atoms with Gasteiger partial charge in [-0.1, -0.05) is 22.0 Å². The average Bonchev–Trinajstić information content (AvgIpc) is 2.59. The Bertz CT molecular complexity index is 865. The van der Waals surface area contributed by atoms with Crippen LogP contribution in [0.1, 0.15) is 5.56 Å². The molecule has 0 unspecified atom stereocenters. The van der Waals surface area contributed by atoms with Crippen molar-refractivity contribution in [3.05, 3.63) is 52.5 Å². The highest BCUT2D eigenvalue weighted by Gasteiger charge is 2.29. The van der Waals surface area contributed by atoms with Gasteiger partial charge < -0.3 is 9.47 Å². The number of anilines is 1. The minimum atomic E-state index is -3.99. The van der Waals surface area contributed by atoms with Gasteiger partial charge in [0.15, 0.2) is 0 Å². The van der Waals surface area contributed by atoms with Crippen LogP contribution in [0.25, 0.3) is 0 Å². The number of esters is 1. The molecule has 0 spiro atoms. The molecule has 0 heterocycles. The Kier molecular flexibility index (Phi) is 6.07. The number of ether oxygens (including phenoxy) is 2. The summed E-state index contributed by atoms with van der Waals surface area (Å²) in [6.07, 6.45) is 0. The second-order valence-electron chi connectivity index (χ2n) is 5.22. The third kappa shape index (κ3) is 4.32. The number of benzene rings is 2. The molecule has 25 heavy (non-hydrogen) atoms. The average molecular weight is 428 g/mol. The number of rotatable bonds is 6. The Labute approximate surface area is 155 Å². The van der Waals surface area contributed by atoms with Crippen molar-refractivity contribution in [3.63, 3.8) is 0 Å². The van der Waals surface area contributed by atoms with E-state index in [1.165, 1.54) is 26.4 Å². The summed E-state index contributed by atoms with van der Waals surface area (Å²) in [5.41, 5.74) is 1.10. The summed E-state index contributed by atoms with van der Waals surface area (Å²) in [4.78, 5) is 11.9. The molecular weight excluding hydrogens is 410 g/mol. The Morgan fingerprint density at radius 3 is 2.32 bits per heavy atom. The van der Waals surface area contributed by atoms with Gasteiger partial charge in [0.1, 0.15) is 12.3 Å². The zero-order valence-corrected chi connectivity index (χ0v) is 16.4. The van der Waals surface area contributed by atoms with Crippen molar-refractivity contribution in [2.75, 3.05) is 25.1 Å². The number of aryl methyl sites for hydroxylation is 1. The molecule has 2 aromatic rings. The van der Waals surface area contributed by atoms with Gasteiger partial charge in [-0.05, 0) is 48.9 Å². The SMILES string of the molecule is COC(=O)CN(c1cc(C)ccc1OC)S(=O)(=O)c1ccc(Br)cc1. The van der Waals surface area contributed by atoms with Crippen molar-refractivity contribution in [2.24, 2.45) is 0 Å². The van der Waals surface area contributed by atoms with Gasteiger partial charge in [-0.3, -0.25) is 9.10 Å². The van der Waals surface area contributed by atoms with Crippen LogP contribution in [-0.2, 0) is 19.6 Å². The van der Waals surface area contributed by atoms with E-state index in [4.69, 9.17) is 4.74 Å². The molecule has 0 bridgehead atoms. The Morgan fingerprint density at radius 2 is 1.76 bits per heavy atom. The molecule has 0 aliphatic rings. The maximum absolute atomic E-state index is 13.1. The summed E-state index contributed by atoms with van der Waals surface area (Å²) >= 11 is 3.28.